The molecule has 4 aromatic rings. The van der Waals surface area contributed by atoms with Gasteiger partial charge in [0.05, 0.1) is 6.10 Å². The Hall–Kier alpha value is -4.56. The summed E-state index contributed by atoms with van der Waals surface area (Å²) in [7, 11) is 0. The Bertz CT molecular complexity index is 1370. The summed E-state index contributed by atoms with van der Waals surface area (Å²) in [6, 6.07) is 26.2. The van der Waals surface area contributed by atoms with E-state index in [0.717, 1.165) is 48.7 Å². The number of carbonyl (C=O) groups is 2. The minimum Gasteiger partial charge on any atom is -0.393 e. The molecular formula is C29H29N5O3. The molecule has 0 radical (unpaired) electrons. The maximum Gasteiger partial charge on any atom is 0.265 e. The number of hydrogen-bond donors (Lipinski definition) is 4. The summed E-state index contributed by atoms with van der Waals surface area (Å²) in [4.78, 5) is 26.5. The molecule has 1 aliphatic heterocycles. The number of aliphatic hydroxyl groups excluding tert-OH is 1. The van der Waals surface area contributed by atoms with Crippen LogP contribution in [0.1, 0.15) is 33.7 Å². The number of aromatic nitrogens is 1. The topological polar surface area (TPSA) is 113 Å². The Morgan fingerprint density at radius 2 is 1.35 bits per heavy atom. The highest BCUT2D eigenvalue weighted by molar-refractivity contribution is 6.04. The molecule has 1 aliphatic rings. The SMILES string of the molecule is NC(=O)c1cccn1-c1ccc(Nc2ccc(NC(=O)c3ccc(N4CCC(O)CC4)cc3)cc2)cc1. The summed E-state index contributed by atoms with van der Waals surface area (Å²) in [6.45, 7) is 1.64. The van der Waals surface area contributed by atoms with Crippen LogP contribution in [0.2, 0.25) is 0 Å². The molecule has 3 aromatic carbocycles. The summed E-state index contributed by atoms with van der Waals surface area (Å²) in [5.74, 6) is -0.646. The predicted molar refractivity (Wildman–Crippen MR) is 146 cm³/mol. The fourth-order valence-electron chi connectivity index (χ4n) is 4.47. The minimum absolute atomic E-state index is 0.169. The average molecular weight is 496 g/mol. The van der Waals surface area contributed by atoms with Gasteiger partial charge in [0.15, 0.2) is 0 Å². The molecule has 2 amide bonds. The first-order valence-electron chi connectivity index (χ1n) is 12.3. The van der Waals surface area contributed by atoms with Gasteiger partial charge in [0.25, 0.3) is 11.8 Å². The van der Waals surface area contributed by atoms with Crippen molar-refractivity contribution >= 4 is 34.6 Å². The van der Waals surface area contributed by atoms with E-state index in [2.05, 4.69) is 15.5 Å². The van der Waals surface area contributed by atoms with Crippen molar-refractivity contribution in [1.29, 1.82) is 0 Å². The predicted octanol–water partition coefficient (Wildman–Crippen LogP) is 4.53. The number of amides is 2. The van der Waals surface area contributed by atoms with Gasteiger partial charge in [-0.15, -0.1) is 0 Å². The third-order valence-electron chi connectivity index (χ3n) is 6.54. The number of piperidine rings is 1. The molecule has 0 saturated carbocycles. The number of benzene rings is 3. The molecule has 0 aliphatic carbocycles. The normalized spacial score (nSPS) is 13.8. The lowest BCUT2D eigenvalue weighted by Gasteiger charge is -2.31. The summed E-state index contributed by atoms with van der Waals surface area (Å²) in [5, 5.41) is 16.0. The van der Waals surface area contributed by atoms with Crippen molar-refractivity contribution in [1.82, 2.24) is 4.57 Å². The third-order valence-corrected chi connectivity index (χ3v) is 6.54. The molecule has 1 aromatic heterocycles. The lowest BCUT2D eigenvalue weighted by atomic mass is 10.1. The lowest BCUT2D eigenvalue weighted by Crippen LogP contribution is -2.35. The smallest absolute Gasteiger partial charge is 0.265 e. The molecule has 188 valence electrons. The largest absolute Gasteiger partial charge is 0.393 e. The number of aliphatic hydroxyl groups is 1. The summed E-state index contributed by atoms with van der Waals surface area (Å²) in [6.07, 6.45) is 3.12. The number of rotatable bonds is 7. The van der Waals surface area contributed by atoms with E-state index in [0.29, 0.717) is 16.9 Å². The van der Waals surface area contributed by atoms with Gasteiger partial charge in [0, 0.05) is 53.3 Å². The van der Waals surface area contributed by atoms with Gasteiger partial charge in [-0.25, -0.2) is 0 Å². The lowest BCUT2D eigenvalue weighted by molar-refractivity contribution is 0.0991. The second-order valence-corrected chi connectivity index (χ2v) is 9.10. The monoisotopic (exact) mass is 495 g/mol. The van der Waals surface area contributed by atoms with Gasteiger partial charge in [-0.3, -0.25) is 9.59 Å². The number of hydrogen-bond acceptors (Lipinski definition) is 5. The van der Waals surface area contributed by atoms with Gasteiger partial charge in [0.1, 0.15) is 5.69 Å². The minimum atomic E-state index is -0.477. The zero-order valence-electron chi connectivity index (χ0n) is 20.3. The van der Waals surface area contributed by atoms with E-state index < -0.39 is 5.91 Å². The Morgan fingerprint density at radius 3 is 1.97 bits per heavy atom. The standard InChI is InChI=1S/C29H29N5O3/c30-28(36)27-2-1-17-34(27)25-13-9-22(10-14-25)31-21-5-7-23(8-6-21)32-29(37)20-3-11-24(12-4-20)33-18-15-26(35)16-19-33/h1-14,17,26,31,35H,15-16,18-19H2,(H2,30,36)(H,32,37). The quantitative estimate of drug-likeness (QED) is 0.301. The van der Waals surface area contributed by atoms with Gasteiger partial charge in [-0.2, -0.15) is 0 Å². The van der Waals surface area contributed by atoms with Crippen LogP contribution in [0, 0.1) is 0 Å². The van der Waals surface area contributed by atoms with Crippen LogP contribution < -0.4 is 21.3 Å². The van der Waals surface area contributed by atoms with E-state index in [-0.39, 0.29) is 12.0 Å². The van der Waals surface area contributed by atoms with Crippen molar-refractivity contribution in [3.63, 3.8) is 0 Å². The van der Waals surface area contributed by atoms with E-state index in [1.54, 1.807) is 22.9 Å². The maximum absolute atomic E-state index is 12.7. The van der Waals surface area contributed by atoms with E-state index in [4.69, 9.17) is 5.73 Å². The zero-order chi connectivity index (χ0) is 25.8. The highest BCUT2D eigenvalue weighted by atomic mass is 16.3. The van der Waals surface area contributed by atoms with Crippen molar-refractivity contribution in [3.8, 4) is 5.69 Å². The molecule has 37 heavy (non-hydrogen) atoms. The third kappa shape index (κ3) is 5.65. The molecule has 5 N–H and O–H groups in total. The summed E-state index contributed by atoms with van der Waals surface area (Å²) < 4.78 is 1.75. The van der Waals surface area contributed by atoms with E-state index in [1.807, 2.05) is 72.8 Å². The number of carbonyl (C=O) groups excluding carboxylic acids is 2. The highest BCUT2D eigenvalue weighted by Gasteiger charge is 2.17. The average Bonchev–Trinajstić information content (AvgIpc) is 3.41. The van der Waals surface area contributed by atoms with Crippen LogP contribution >= 0.6 is 0 Å². The van der Waals surface area contributed by atoms with Crippen LogP contribution in [0.25, 0.3) is 5.69 Å². The Balaban J connectivity index is 1.17. The molecule has 0 spiro atoms. The van der Waals surface area contributed by atoms with Crippen LogP contribution in [-0.4, -0.2) is 40.7 Å². The first kappa shape index (κ1) is 24.1. The number of nitrogens with one attached hydrogen (secondary N) is 2. The van der Waals surface area contributed by atoms with Gasteiger partial charge in [-0.05, 0) is 97.8 Å². The maximum atomic E-state index is 12.7. The molecule has 8 nitrogen and oxygen atoms in total. The van der Waals surface area contributed by atoms with Crippen LogP contribution in [-0.2, 0) is 0 Å². The van der Waals surface area contributed by atoms with Crippen molar-refractivity contribution in [2.45, 2.75) is 18.9 Å². The van der Waals surface area contributed by atoms with Crippen LogP contribution in [0.3, 0.4) is 0 Å². The van der Waals surface area contributed by atoms with Crippen LogP contribution in [0.4, 0.5) is 22.7 Å². The summed E-state index contributed by atoms with van der Waals surface area (Å²) in [5.41, 5.74) is 10.8. The molecular weight excluding hydrogens is 466 g/mol. The van der Waals surface area contributed by atoms with Gasteiger partial charge in [-0.1, -0.05) is 0 Å². The Morgan fingerprint density at radius 1 is 0.784 bits per heavy atom. The molecule has 2 heterocycles. The molecule has 0 bridgehead atoms. The van der Waals surface area contributed by atoms with Gasteiger partial charge in [0.2, 0.25) is 0 Å². The first-order chi connectivity index (χ1) is 18.0. The van der Waals surface area contributed by atoms with E-state index in [9.17, 15) is 14.7 Å². The van der Waals surface area contributed by atoms with Gasteiger partial charge < -0.3 is 30.9 Å². The Kier molecular flexibility index (Phi) is 6.91. The number of nitrogens with two attached hydrogens (primary N) is 1. The van der Waals surface area contributed by atoms with Crippen molar-refractivity contribution in [2.24, 2.45) is 5.73 Å². The van der Waals surface area contributed by atoms with Gasteiger partial charge >= 0.3 is 0 Å². The van der Waals surface area contributed by atoms with E-state index in [1.165, 1.54) is 0 Å². The first-order valence-corrected chi connectivity index (χ1v) is 12.3. The zero-order valence-corrected chi connectivity index (χ0v) is 20.3. The van der Waals surface area contributed by atoms with Crippen LogP contribution in [0.15, 0.2) is 91.1 Å². The molecule has 5 rings (SSSR count). The fourth-order valence-corrected chi connectivity index (χ4v) is 4.47. The second kappa shape index (κ2) is 10.6. The highest BCUT2D eigenvalue weighted by Crippen LogP contribution is 2.23. The van der Waals surface area contributed by atoms with E-state index >= 15 is 0 Å². The van der Waals surface area contributed by atoms with Crippen molar-refractivity contribution in [2.75, 3.05) is 28.6 Å². The molecule has 0 unspecified atom stereocenters. The van der Waals surface area contributed by atoms with Crippen LogP contribution in [0.5, 0.6) is 0 Å². The summed E-state index contributed by atoms with van der Waals surface area (Å²) >= 11 is 0. The Labute approximate surface area is 215 Å². The fraction of sp³-hybridized carbons (Fsp3) is 0.172. The molecule has 1 saturated heterocycles. The molecule has 1 fully saturated rings. The second-order valence-electron chi connectivity index (χ2n) is 9.10. The van der Waals surface area contributed by atoms with Crippen molar-refractivity contribution < 1.29 is 14.7 Å². The molecule has 8 heteroatoms. The number of primary amides is 1. The number of nitrogens with zero attached hydrogens (tertiary/aromatic N) is 2. The number of anilines is 4. The molecule has 0 atom stereocenters. The van der Waals surface area contributed by atoms with Crippen molar-refractivity contribution in [3.05, 3.63) is 102 Å².